The van der Waals surface area contributed by atoms with Gasteiger partial charge in [0.15, 0.2) is 34.6 Å². The highest BCUT2D eigenvalue weighted by Crippen LogP contribution is 2.50. The van der Waals surface area contributed by atoms with Crippen LogP contribution in [0.5, 0.6) is 23.0 Å². The van der Waals surface area contributed by atoms with E-state index in [1.54, 1.807) is 45.0 Å². The number of amides is 1. The third kappa shape index (κ3) is 9.88. The Morgan fingerprint density at radius 1 is 0.833 bits per heavy atom. The van der Waals surface area contributed by atoms with Gasteiger partial charge in [-0.25, -0.2) is 8.78 Å². The number of aromatic nitrogens is 1. The molecular formula is C40H45F2N2O9P. The zero-order valence-corrected chi connectivity index (χ0v) is 31.8. The highest BCUT2D eigenvalue weighted by molar-refractivity contribution is 7.53. The molecule has 1 heterocycles. The average molecular weight is 767 g/mol. The van der Waals surface area contributed by atoms with Crippen molar-refractivity contribution in [2.75, 3.05) is 39.8 Å². The Morgan fingerprint density at radius 2 is 1.50 bits per heavy atom. The number of nitrogens with zero attached hydrogens (tertiary/aromatic N) is 2. The molecule has 0 bridgehead atoms. The van der Waals surface area contributed by atoms with Crippen molar-refractivity contribution >= 4 is 36.0 Å². The van der Waals surface area contributed by atoms with E-state index in [0.29, 0.717) is 58.5 Å². The maximum absolute atomic E-state index is 15.4. The molecule has 0 saturated heterocycles. The fourth-order valence-corrected chi connectivity index (χ4v) is 7.89. The van der Waals surface area contributed by atoms with Crippen LogP contribution in [0.25, 0.3) is 10.9 Å². The van der Waals surface area contributed by atoms with Crippen molar-refractivity contribution < 1.29 is 51.0 Å². The summed E-state index contributed by atoms with van der Waals surface area (Å²) in [5.74, 6) is -0.769. The first-order valence-electron chi connectivity index (χ1n) is 18.0. The Kier molecular flexibility index (Phi) is 13.5. The summed E-state index contributed by atoms with van der Waals surface area (Å²) in [6.07, 6.45) is 2.79. The van der Waals surface area contributed by atoms with Gasteiger partial charge in [0.2, 0.25) is 5.91 Å². The van der Waals surface area contributed by atoms with Crippen molar-refractivity contribution in [1.82, 2.24) is 9.88 Å². The molecule has 0 spiro atoms. The normalized spacial score (nSPS) is 13.4. The Labute approximate surface area is 313 Å². The van der Waals surface area contributed by atoms with E-state index in [1.165, 1.54) is 54.6 Å². The predicted octanol–water partition coefficient (Wildman–Crippen LogP) is 8.25. The standard InChI is InChI=1S/C40H45F2N2O9P/c1-5-39(47)44(26-54(48,51-6-2)52-7-3)19-8-20-50-36-25-32-30(24-35(36)49-4)33(15-18-43-32)53-34-14-11-28(21-31(34)42)23-38(46)40(16-17-40)37(45)22-27-9-12-29(41)13-10-27/h9-15,18,21,24-25H,5-8,16-17,19-20,22-23,26H2,1-4H3. The minimum Gasteiger partial charge on any atom is -0.493 e. The molecule has 0 N–H and O–H groups in total. The summed E-state index contributed by atoms with van der Waals surface area (Å²) in [5.41, 5.74) is 0.440. The van der Waals surface area contributed by atoms with Crippen molar-refractivity contribution in [2.45, 2.75) is 59.3 Å². The summed E-state index contributed by atoms with van der Waals surface area (Å²) in [7, 11) is -2.00. The molecule has 0 unspecified atom stereocenters. The molecule has 0 aliphatic heterocycles. The molecule has 1 aliphatic carbocycles. The number of ketones is 2. The van der Waals surface area contributed by atoms with Crippen LogP contribution in [-0.2, 0) is 40.8 Å². The van der Waals surface area contributed by atoms with Gasteiger partial charge in [-0.1, -0.05) is 25.1 Å². The first-order chi connectivity index (χ1) is 25.9. The second-order valence-corrected chi connectivity index (χ2v) is 14.9. The Balaban J connectivity index is 1.22. The van der Waals surface area contributed by atoms with E-state index in [4.69, 9.17) is 23.3 Å². The summed E-state index contributed by atoms with van der Waals surface area (Å²) in [4.78, 5) is 44.8. The van der Waals surface area contributed by atoms with Gasteiger partial charge in [0.1, 0.15) is 17.9 Å². The van der Waals surface area contributed by atoms with Crippen LogP contribution >= 0.6 is 7.60 Å². The lowest BCUT2D eigenvalue weighted by molar-refractivity contribution is -0.134. The van der Waals surface area contributed by atoms with Gasteiger partial charge in [-0.05, 0) is 80.6 Å². The first kappa shape index (κ1) is 40.5. The number of ether oxygens (including phenoxy) is 3. The first-order valence-corrected chi connectivity index (χ1v) is 19.7. The van der Waals surface area contributed by atoms with Gasteiger partial charge >= 0.3 is 7.60 Å². The van der Waals surface area contributed by atoms with Crippen molar-refractivity contribution in [2.24, 2.45) is 5.41 Å². The number of methoxy groups -OCH3 is 1. The fraction of sp³-hybridized carbons (Fsp3) is 0.400. The smallest absolute Gasteiger partial charge is 0.349 e. The van der Waals surface area contributed by atoms with Crippen LogP contribution in [0.4, 0.5) is 8.78 Å². The summed E-state index contributed by atoms with van der Waals surface area (Å²) >= 11 is 0. The number of Topliss-reactive ketones (excluding diaryl/α,β-unsaturated/α-hetero) is 2. The van der Waals surface area contributed by atoms with Crippen LogP contribution in [0.3, 0.4) is 0 Å². The number of benzene rings is 3. The van der Waals surface area contributed by atoms with Crippen molar-refractivity contribution in [3.63, 3.8) is 0 Å². The monoisotopic (exact) mass is 766 g/mol. The Bertz CT molecular complexity index is 2010. The minimum atomic E-state index is -3.48. The third-order valence-corrected chi connectivity index (χ3v) is 11.1. The van der Waals surface area contributed by atoms with E-state index in [9.17, 15) is 23.3 Å². The molecule has 0 atom stereocenters. The quantitative estimate of drug-likeness (QED) is 0.0464. The lowest BCUT2D eigenvalue weighted by atomic mass is 9.88. The second kappa shape index (κ2) is 18.1. The van der Waals surface area contributed by atoms with E-state index < -0.39 is 24.6 Å². The molecule has 1 aromatic heterocycles. The van der Waals surface area contributed by atoms with Crippen LogP contribution in [-0.4, -0.2) is 67.1 Å². The SMILES string of the molecule is CCOP(=O)(CN(CCCOc1cc2nccc(Oc3ccc(CC(=O)C4(C(=O)Cc5ccc(F)cc5)CC4)cc3F)c2cc1OC)C(=O)CC)OCC. The summed E-state index contributed by atoms with van der Waals surface area (Å²) < 4.78 is 70.1. The number of hydrogen-bond donors (Lipinski definition) is 0. The Morgan fingerprint density at radius 3 is 2.11 bits per heavy atom. The Hall–Kier alpha value is -4.71. The van der Waals surface area contributed by atoms with Gasteiger partial charge in [0, 0.05) is 43.5 Å². The van der Waals surface area contributed by atoms with Gasteiger partial charge in [0.05, 0.1) is 37.9 Å². The van der Waals surface area contributed by atoms with Crippen LogP contribution in [0.15, 0.2) is 66.9 Å². The molecule has 1 saturated carbocycles. The highest BCUT2D eigenvalue weighted by atomic mass is 31.2. The molecule has 0 radical (unpaired) electrons. The summed E-state index contributed by atoms with van der Waals surface area (Å²) in [5, 5.41) is 0.526. The van der Waals surface area contributed by atoms with Crippen LogP contribution in [0.1, 0.15) is 57.6 Å². The zero-order chi connectivity index (χ0) is 38.9. The zero-order valence-electron chi connectivity index (χ0n) is 30.9. The third-order valence-electron chi connectivity index (χ3n) is 9.14. The van der Waals surface area contributed by atoms with Crippen LogP contribution < -0.4 is 14.2 Å². The lowest BCUT2D eigenvalue weighted by Crippen LogP contribution is -2.33. The molecule has 5 rings (SSSR count). The van der Waals surface area contributed by atoms with Gasteiger partial charge in [-0.3, -0.25) is 23.9 Å². The number of hydrogen-bond acceptors (Lipinski definition) is 10. The van der Waals surface area contributed by atoms with Crippen molar-refractivity contribution in [3.05, 3.63) is 89.6 Å². The molecule has 1 amide bonds. The van der Waals surface area contributed by atoms with E-state index in [2.05, 4.69) is 4.98 Å². The van der Waals surface area contributed by atoms with Gasteiger partial charge in [0.25, 0.3) is 0 Å². The molecular weight excluding hydrogens is 721 g/mol. The second-order valence-electron chi connectivity index (χ2n) is 12.9. The molecule has 54 heavy (non-hydrogen) atoms. The molecule has 3 aromatic carbocycles. The van der Waals surface area contributed by atoms with Gasteiger partial charge in [-0.2, -0.15) is 0 Å². The number of carbonyl (C=O) groups is 3. The number of halogens is 2. The molecule has 4 aromatic rings. The van der Waals surface area contributed by atoms with Crippen molar-refractivity contribution in [1.29, 1.82) is 0 Å². The van der Waals surface area contributed by atoms with E-state index in [-0.39, 0.29) is 75.1 Å². The number of carbonyl (C=O) groups excluding carboxylic acids is 3. The van der Waals surface area contributed by atoms with Crippen LogP contribution in [0, 0.1) is 17.0 Å². The number of pyridine rings is 1. The van der Waals surface area contributed by atoms with E-state index in [0.717, 1.165) is 0 Å². The average Bonchev–Trinajstić information content (AvgIpc) is 3.97. The predicted molar refractivity (Wildman–Crippen MR) is 198 cm³/mol. The largest absolute Gasteiger partial charge is 0.493 e. The molecule has 1 fully saturated rings. The van der Waals surface area contributed by atoms with E-state index >= 15 is 4.39 Å². The molecule has 11 nitrogen and oxygen atoms in total. The molecule has 14 heteroatoms. The fourth-order valence-electron chi connectivity index (χ4n) is 6.15. The minimum absolute atomic E-state index is 0.0289. The maximum Gasteiger partial charge on any atom is 0.349 e. The van der Waals surface area contributed by atoms with Crippen LogP contribution in [0.2, 0.25) is 0 Å². The highest BCUT2D eigenvalue weighted by Gasteiger charge is 2.54. The maximum atomic E-state index is 15.4. The van der Waals surface area contributed by atoms with Crippen molar-refractivity contribution in [3.8, 4) is 23.0 Å². The summed E-state index contributed by atoms with van der Waals surface area (Å²) in [6.45, 7) is 5.99. The van der Waals surface area contributed by atoms with Gasteiger partial charge < -0.3 is 28.2 Å². The van der Waals surface area contributed by atoms with Gasteiger partial charge in [-0.15, -0.1) is 0 Å². The molecule has 288 valence electrons. The number of fused-ring (bicyclic) bond motifs is 1. The molecule has 1 aliphatic rings. The lowest BCUT2D eigenvalue weighted by Gasteiger charge is -2.26. The number of rotatable bonds is 21. The summed E-state index contributed by atoms with van der Waals surface area (Å²) in [6, 6.07) is 14.8. The topological polar surface area (TPSA) is 131 Å². The van der Waals surface area contributed by atoms with E-state index in [1.807, 2.05) is 0 Å².